The van der Waals surface area contributed by atoms with Crippen molar-refractivity contribution in [3.8, 4) is 5.75 Å². The molecule has 1 aromatic rings. The van der Waals surface area contributed by atoms with Gasteiger partial charge in [0.25, 0.3) is 0 Å². The Morgan fingerprint density at radius 2 is 2.16 bits per heavy atom. The van der Waals surface area contributed by atoms with Gasteiger partial charge in [-0.05, 0) is 17.7 Å². The van der Waals surface area contributed by atoms with Gasteiger partial charge in [0.1, 0.15) is 17.7 Å². The first kappa shape index (κ1) is 13.7. The van der Waals surface area contributed by atoms with Gasteiger partial charge in [0.2, 0.25) is 11.8 Å². The predicted octanol–water partition coefficient (Wildman–Crippen LogP) is 1.02. The van der Waals surface area contributed by atoms with Crippen LogP contribution in [-0.4, -0.2) is 43.2 Å². The first-order valence-corrected chi connectivity index (χ1v) is 6.96. The number of benzene rings is 1. The Balaban J connectivity index is 2.16. The molecule has 1 fully saturated rings. The van der Waals surface area contributed by atoms with Crippen LogP contribution >= 0.6 is 11.8 Å². The summed E-state index contributed by atoms with van der Waals surface area (Å²) in [6.07, 6.45) is 0. The molecule has 1 heterocycles. The monoisotopic (exact) mass is 280 g/mol. The van der Waals surface area contributed by atoms with Gasteiger partial charge in [-0.1, -0.05) is 12.1 Å². The molecule has 1 aromatic carbocycles. The van der Waals surface area contributed by atoms with Crippen molar-refractivity contribution in [1.29, 1.82) is 0 Å². The van der Waals surface area contributed by atoms with Crippen LogP contribution in [0.4, 0.5) is 0 Å². The van der Waals surface area contributed by atoms with Gasteiger partial charge in [0, 0.05) is 7.05 Å². The van der Waals surface area contributed by atoms with Gasteiger partial charge in [0.15, 0.2) is 0 Å². The highest BCUT2D eigenvalue weighted by molar-refractivity contribution is 8.00. The maximum Gasteiger partial charge on any atom is 0.239 e. The maximum absolute atomic E-state index is 11.8. The molecule has 1 saturated heterocycles. The van der Waals surface area contributed by atoms with Crippen LogP contribution < -0.4 is 10.1 Å². The van der Waals surface area contributed by atoms with Crippen LogP contribution in [0.5, 0.6) is 5.75 Å². The van der Waals surface area contributed by atoms with E-state index in [4.69, 9.17) is 4.74 Å². The van der Waals surface area contributed by atoms with Crippen LogP contribution in [0.2, 0.25) is 0 Å². The zero-order valence-electron chi connectivity index (χ0n) is 10.9. The number of methoxy groups -OCH3 is 1. The van der Waals surface area contributed by atoms with E-state index in [1.54, 1.807) is 19.1 Å². The summed E-state index contributed by atoms with van der Waals surface area (Å²) in [5.74, 6) is 1.02. The van der Waals surface area contributed by atoms with Gasteiger partial charge in [-0.15, -0.1) is 11.8 Å². The Kier molecular flexibility index (Phi) is 4.31. The lowest BCUT2D eigenvalue weighted by molar-refractivity contribution is -0.133. The van der Waals surface area contributed by atoms with Gasteiger partial charge < -0.3 is 15.0 Å². The highest BCUT2D eigenvalue weighted by atomic mass is 32.2. The van der Waals surface area contributed by atoms with Crippen molar-refractivity contribution in [1.82, 2.24) is 10.2 Å². The van der Waals surface area contributed by atoms with Gasteiger partial charge in [-0.3, -0.25) is 9.59 Å². The lowest BCUT2D eigenvalue weighted by Crippen LogP contribution is -2.37. The quantitative estimate of drug-likeness (QED) is 0.894. The molecule has 0 radical (unpaired) electrons. The summed E-state index contributed by atoms with van der Waals surface area (Å²) in [5, 5.41) is 2.44. The number of likely N-dealkylation sites (N-methyl/N-ethyl adjacent to an activating group) is 1. The summed E-state index contributed by atoms with van der Waals surface area (Å²) in [6.45, 7) is 0.0963. The minimum absolute atomic E-state index is 0.00517. The third-order valence-corrected chi connectivity index (χ3v) is 4.22. The number of ether oxygens (including phenoxy) is 1. The molecule has 19 heavy (non-hydrogen) atoms. The Labute approximate surface area is 116 Å². The van der Waals surface area contributed by atoms with Crippen molar-refractivity contribution in [3.63, 3.8) is 0 Å². The molecule has 0 saturated carbocycles. The molecule has 5 nitrogen and oxygen atoms in total. The van der Waals surface area contributed by atoms with Crippen LogP contribution in [0.1, 0.15) is 10.9 Å². The molecule has 6 heteroatoms. The molecule has 0 spiro atoms. The molecule has 102 valence electrons. The molecule has 1 N–H and O–H groups in total. The fraction of sp³-hybridized carbons (Fsp3) is 0.385. The van der Waals surface area contributed by atoms with Gasteiger partial charge in [0.05, 0.1) is 12.9 Å². The number of rotatable bonds is 4. The molecule has 0 aliphatic carbocycles. The summed E-state index contributed by atoms with van der Waals surface area (Å²) in [5.41, 5.74) is 1.00. The van der Waals surface area contributed by atoms with Crippen LogP contribution in [0.25, 0.3) is 0 Å². The second-order valence-corrected chi connectivity index (χ2v) is 5.20. The number of hydrogen-bond acceptors (Lipinski definition) is 4. The highest BCUT2D eigenvalue weighted by Gasteiger charge is 2.33. The van der Waals surface area contributed by atoms with Crippen LogP contribution in [0.3, 0.4) is 0 Å². The lowest BCUT2D eigenvalue weighted by atomic mass is 10.2. The lowest BCUT2D eigenvalue weighted by Gasteiger charge is -2.23. The fourth-order valence-corrected chi connectivity index (χ4v) is 3.09. The molecule has 1 unspecified atom stereocenters. The van der Waals surface area contributed by atoms with E-state index in [0.717, 1.165) is 11.3 Å². The van der Waals surface area contributed by atoms with Crippen LogP contribution in [0, 0.1) is 0 Å². The average molecular weight is 280 g/mol. The van der Waals surface area contributed by atoms with Gasteiger partial charge >= 0.3 is 0 Å². The highest BCUT2D eigenvalue weighted by Crippen LogP contribution is 2.38. The zero-order chi connectivity index (χ0) is 13.8. The van der Waals surface area contributed by atoms with Crippen molar-refractivity contribution in [2.24, 2.45) is 0 Å². The molecule has 0 bridgehead atoms. The fourth-order valence-electron chi connectivity index (χ4n) is 1.90. The Hall–Kier alpha value is -1.69. The second kappa shape index (κ2) is 5.97. The summed E-state index contributed by atoms with van der Waals surface area (Å²) in [7, 11) is 3.18. The molecule has 2 rings (SSSR count). The third kappa shape index (κ3) is 3.01. The molecule has 2 amide bonds. The van der Waals surface area contributed by atoms with Gasteiger partial charge in [-0.2, -0.15) is 0 Å². The number of thioether (sulfide) groups is 1. The number of amides is 2. The molecular formula is C13H16N2O3S. The SMILES string of the molecule is CNC(=O)CN1C(=O)CSC1c1ccc(OC)cc1. The van der Waals surface area contributed by atoms with E-state index in [9.17, 15) is 9.59 Å². The van der Waals surface area contributed by atoms with Crippen molar-refractivity contribution in [3.05, 3.63) is 29.8 Å². The number of nitrogens with one attached hydrogen (secondary N) is 1. The van der Waals surface area contributed by atoms with E-state index in [-0.39, 0.29) is 23.7 Å². The largest absolute Gasteiger partial charge is 0.497 e. The van der Waals surface area contributed by atoms with E-state index in [0.29, 0.717) is 5.75 Å². The molecule has 1 aliphatic heterocycles. The number of nitrogens with zero attached hydrogens (tertiary/aromatic N) is 1. The minimum atomic E-state index is -0.158. The summed E-state index contributed by atoms with van der Waals surface area (Å²) in [4.78, 5) is 24.9. The van der Waals surface area contributed by atoms with Crippen molar-refractivity contribution in [2.75, 3.05) is 26.5 Å². The minimum Gasteiger partial charge on any atom is -0.497 e. The van der Waals surface area contributed by atoms with Crippen molar-refractivity contribution >= 4 is 23.6 Å². The van der Waals surface area contributed by atoms with Crippen molar-refractivity contribution in [2.45, 2.75) is 5.37 Å². The maximum atomic E-state index is 11.8. The Morgan fingerprint density at radius 3 is 2.74 bits per heavy atom. The van der Waals surface area contributed by atoms with Crippen LogP contribution in [-0.2, 0) is 9.59 Å². The van der Waals surface area contributed by atoms with E-state index in [1.165, 1.54) is 11.8 Å². The van der Waals surface area contributed by atoms with Crippen molar-refractivity contribution < 1.29 is 14.3 Å². The first-order chi connectivity index (χ1) is 9.15. The zero-order valence-corrected chi connectivity index (χ0v) is 11.7. The Bertz CT molecular complexity index is 475. The summed E-state index contributed by atoms with van der Waals surface area (Å²) < 4.78 is 5.11. The normalized spacial score (nSPS) is 18.5. The number of carbonyl (C=O) groups excluding carboxylic acids is 2. The molecule has 0 aromatic heterocycles. The smallest absolute Gasteiger partial charge is 0.239 e. The number of hydrogen-bond donors (Lipinski definition) is 1. The van der Waals surface area contributed by atoms with Crippen LogP contribution in [0.15, 0.2) is 24.3 Å². The van der Waals surface area contributed by atoms with E-state index in [1.807, 2.05) is 24.3 Å². The third-order valence-electron chi connectivity index (χ3n) is 2.96. The predicted molar refractivity (Wildman–Crippen MR) is 74.0 cm³/mol. The summed E-state index contributed by atoms with van der Waals surface area (Å²) >= 11 is 1.53. The average Bonchev–Trinajstić information content (AvgIpc) is 2.80. The topological polar surface area (TPSA) is 58.6 Å². The Morgan fingerprint density at radius 1 is 1.47 bits per heavy atom. The molecule has 1 aliphatic rings. The molecular weight excluding hydrogens is 264 g/mol. The first-order valence-electron chi connectivity index (χ1n) is 5.91. The second-order valence-electron chi connectivity index (χ2n) is 4.13. The number of carbonyl (C=O) groups is 2. The van der Waals surface area contributed by atoms with Gasteiger partial charge in [-0.25, -0.2) is 0 Å². The summed E-state index contributed by atoms with van der Waals surface area (Å²) in [6, 6.07) is 7.56. The van der Waals surface area contributed by atoms with E-state index >= 15 is 0 Å². The molecule has 1 atom stereocenters. The van der Waals surface area contributed by atoms with E-state index in [2.05, 4.69) is 5.32 Å². The van der Waals surface area contributed by atoms with E-state index < -0.39 is 0 Å². The standard InChI is InChI=1S/C13H16N2O3S/c1-14-11(16)7-15-12(17)8-19-13(15)9-3-5-10(18-2)6-4-9/h3-6,13H,7-8H2,1-2H3,(H,14,16).